The molecule has 4 heteroatoms. The van der Waals surface area contributed by atoms with Crippen LogP contribution in [0.25, 0.3) is 0 Å². The quantitative estimate of drug-likeness (QED) is 0.744. The molecule has 86 valence electrons. The Morgan fingerprint density at radius 3 is 2.50 bits per heavy atom. The summed E-state index contributed by atoms with van der Waals surface area (Å²) < 4.78 is 4.98. The zero-order valence-electron chi connectivity index (χ0n) is 9.25. The topological polar surface area (TPSA) is 43.4 Å². The second-order valence-corrected chi connectivity index (χ2v) is 3.88. The maximum Gasteiger partial charge on any atom is 0.163 e. The number of carbonyl (C=O) groups is 2. The van der Waals surface area contributed by atoms with E-state index < -0.39 is 0 Å². The minimum Gasteiger partial charge on any atom is -0.495 e. The van der Waals surface area contributed by atoms with E-state index in [1.54, 1.807) is 18.2 Å². The number of rotatable bonds is 5. The smallest absolute Gasteiger partial charge is 0.163 e. The summed E-state index contributed by atoms with van der Waals surface area (Å²) in [6.45, 7) is 1.47. The highest BCUT2D eigenvalue weighted by Gasteiger charge is 2.09. The Kier molecular flexibility index (Phi) is 4.50. The third-order valence-electron chi connectivity index (χ3n) is 2.18. The molecule has 0 amide bonds. The SMILES string of the molecule is COc1ccc(C(=O)CCC(C)=O)cc1Cl. The van der Waals surface area contributed by atoms with Crippen LogP contribution in [0.5, 0.6) is 5.75 Å². The Bertz CT molecular complexity index is 413. The fraction of sp³-hybridized carbons (Fsp3) is 0.333. The van der Waals surface area contributed by atoms with Gasteiger partial charge in [0.1, 0.15) is 11.5 Å². The van der Waals surface area contributed by atoms with Gasteiger partial charge in [0.25, 0.3) is 0 Å². The Labute approximate surface area is 99.4 Å². The lowest BCUT2D eigenvalue weighted by atomic mass is 10.1. The molecule has 0 fully saturated rings. The largest absolute Gasteiger partial charge is 0.495 e. The molecule has 0 saturated carbocycles. The lowest BCUT2D eigenvalue weighted by Crippen LogP contribution is -2.02. The summed E-state index contributed by atoms with van der Waals surface area (Å²) in [4.78, 5) is 22.4. The summed E-state index contributed by atoms with van der Waals surface area (Å²) in [5.41, 5.74) is 0.507. The highest BCUT2D eigenvalue weighted by molar-refractivity contribution is 6.32. The van der Waals surface area contributed by atoms with Crippen LogP contribution >= 0.6 is 11.6 Å². The maximum absolute atomic E-state index is 11.6. The predicted octanol–water partition coefficient (Wildman–Crippen LogP) is 2.90. The molecule has 0 aromatic heterocycles. The van der Waals surface area contributed by atoms with Crippen LogP contribution in [0.4, 0.5) is 0 Å². The standard InChI is InChI=1S/C12H13ClO3/c1-8(14)3-5-11(15)9-4-6-12(16-2)10(13)7-9/h4,6-7H,3,5H2,1-2H3. The van der Waals surface area contributed by atoms with Crippen LogP contribution < -0.4 is 4.74 Å². The minimum absolute atomic E-state index is 0.00737. The van der Waals surface area contributed by atoms with Gasteiger partial charge in [-0.05, 0) is 25.1 Å². The van der Waals surface area contributed by atoms with E-state index in [0.717, 1.165) is 0 Å². The molecule has 1 aromatic carbocycles. The molecule has 0 aliphatic heterocycles. The number of ether oxygens (including phenoxy) is 1. The van der Waals surface area contributed by atoms with Gasteiger partial charge < -0.3 is 9.53 Å². The van der Waals surface area contributed by atoms with E-state index in [4.69, 9.17) is 16.3 Å². The maximum atomic E-state index is 11.6. The van der Waals surface area contributed by atoms with Gasteiger partial charge in [-0.15, -0.1) is 0 Å². The minimum atomic E-state index is -0.0836. The molecular weight excluding hydrogens is 228 g/mol. The lowest BCUT2D eigenvalue weighted by molar-refractivity contribution is -0.116. The van der Waals surface area contributed by atoms with Crippen molar-refractivity contribution >= 4 is 23.2 Å². The van der Waals surface area contributed by atoms with Crippen molar-refractivity contribution in [1.29, 1.82) is 0 Å². The van der Waals surface area contributed by atoms with E-state index >= 15 is 0 Å². The summed E-state index contributed by atoms with van der Waals surface area (Å²) in [5, 5.41) is 0.399. The van der Waals surface area contributed by atoms with Crippen LogP contribution in [0.2, 0.25) is 5.02 Å². The first-order valence-corrected chi connectivity index (χ1v) is 5.28. The third kappa shape index (κ3) is 3.35. The van der Waals surface area contributed by atoms with Crippen molar-refractivity contribution in [3.05, 3.63) is 28.8 Å². The molecule has 1 aromatic rings. The average Bonchev–Trinajstić information content (AvgIpc) is 2.25. The van der Waals surface area contributed by atoms with Crippen LogP contribution in [0.3, 0.4) is 0 Å². The first kappa shape index (κ1) is 12.7. The molecule has 0 N–H and O–H groups in total. The van der Waals surface area contributed by atoms with E-state index in [-0.39, 0.29) is 24.4 Å². The van der Waals surface area contributed by atoms with Crippen LogP contribution in [0, 0.1) is 0 Å². The normalized spacial score (nSPS) is 9.94. The van der Waals surface area contributed by atoms with E-state index in [1.165, 1.54) is 14.0 Å². The molecule has 0 heterocycles. The zero-order valence-corrected chi connectivity index (χ0v) is 10.0. The molecule has 1 rings (SSSR count). The van der Waals surface area contributed by atoms with Crippen molar-refractivity contribution < 1.29 is 14.3 Å². The van der Waals surface area contributed by atoms with E-state index in [1.807, 2.05) is 0 Å². The highest BCUT2D eigenvalue weighted by atomic mass is 35.5. The third-order valence-corrected chi connectivity index (χ3v) is 2.47. The summed E-state index contributed by atoms with van der Waals surface area (Å²) in [6.07, 6.45) is 0.487. The number of hydrogen-bond donors (Lipinski definition) is 0. The van der Waals surface area contributed by atoms with Gasteiger partial charge in [0.05, 0.1) is 12.1 Å². The second kappa shape index (κ2) is 5.66. The van der Waals surface area contributed by atoms with Crippen LogP contribution in [-0.2, 0) is 4.79 Å². The molecular formula is C12H13ClO3. The number of hydrogen-bond acceptors (Lipinski definition) is 3. The molecule has 3 nitrogen and oxygen atoms in total. The Balaban J connectivity index is 2.77. The van der Waals surface area contributed by atoms with Crippen molar-refractivity contribution in [2.24, 2.45) is 0 Å². The molecule has 0 radical (unpaired) electrons. The molecule has 0 atom stereocenters. The van der Waals surface area contributed by atoms with Crippen LogP contribution in [-0.4, -0.2) is 18.7 Å². The number of halogens is 1. The van der Waals surface area contributed by atoms with Crippen molar-refractivity contribution in [2.45, 2.75) is 19.8 Å². The second-order valence-electron chi connectivity index (χ2n) is 3.47. The first-order chi connectivity index (χ1) is 7.54. The fourth-order valence-corrected chi connectivity index (χ4v) is 1.53. The number of ketones is 2. The Hall–Kier alpha value is -1.35. The number of methoxy groups -OCH3 is 1. The molecule has 0 unspecified atom stereocenters. The number of benzene rings is 1. The van der Waals surface area contributed by atoms with Crippen LogP contribution in [0.15, 0.2) is 18.2 Å². The first-order valence-electron chi connectivity index (χ1n) is 4.90. The summed E-state index contributed by atoms with van der Waals surface area (Å²) >= 11 is 5.89. The van der Waals surface area contributed by atoms with Gasteiger partial charge in [0, 0.05) is 18.4 Å². The molecule has 16 heavy (non-hydrogen) atoms. The zero-order chi connectivity index (χ0) is 12.1. The van der Waals surface area contributed by atoms with Crippen LogP contribution in [0.1, 0.15) is 30.1 Å². The lowest BCUT2D eigenvalue weighted by Gasteiger charge is -2.04. The molecule has 0 aliphatic rings. The molecule has 0 saturated heterocycles. The monoisotopic (exact) mass is 240 g/mol. The predicted molar refractivity (Wildman–Crippen MR) is 62.2 cm³/mol. The van der Waals surface area contributed by atoms with Crippen molar-refractivity contribution in [1.82, 2.24) is 0 Å². The number of carbonyl (C=O) groups excluding carboxylic acids is 2. The summed E-state index contributed by atoms with van der Waals surface area (Å²) in [6, 6.07) is 4.85. The van der Waals surface area contributed by atoms with Gasteiger partial charge in [-0.2, -0.15) is 0 Å². The Morgan fingerprint density at radius 1 is 1.31 bits per heavy atom. The molecule has 0 bridgehead atoms. The fourth-order valence-electron chi connectivity index (χ4n) is 1.27. The van der Waals surface area contributed by atoms with E-state index in [9.17, 15) is 9.59 Å². The molecule has 0 aliphatic carbocycles. The van der Waals surface area contributed by atoms with Gasteiger partial charge in [-0.25, -0.2) is 0 Å². The van der Waals surface area contributed by atoms with Gasteiger partial charge in [0.2, 0.25) is 0 Å². The average molecular weight is 241 g/mol. The summed E-state index contributed by atoms with van der Waals surface area (Å²) in [7, 11) is 1.51. The van der Waals surface area contributed by atoms with Gasteiger partial charge in [-0.3, -0.25) is 4.79 Å². The van der Waals surface area contributed by atoms with Gasteiger partial charge in [-0.1, -0.05) is 11.6 Å². The van der Waals surface area contributed by atoms with Gasteiger partial charge in [0.15, 0.2) is 5.78 Å². The highest BCUT2D eigenvalue weighted by Crippen LogP contribution is 2.25. The van der Waals surface area contributed by atoms with E-state index in [2.05, 4.69) is 0 Å². The summed E-state index contributed by atoms with van der Waals surface area (Å²) in [5.74, 6) is 0.456. The van der Waals surface area contributed by atoms with E-state index in [0.29, 0.717) is 16.3 Å². The number of Topliss-reactive ketones (excluding diaryl/α,β-unsaturated/α-hetero) is 2. The van der Waals surface area contributed by atoms with Gasteiger partial charge >= 0.3 is 0 Å². The van der Waals surface area contributed by atoms with Crippen molar-refractivity contribution in [2.75, 3.05) is 7.11 Å². The Morgan fingerprint density at radius 2 is 2.00 bits per heavy atom. The molecule has 0 spiro atoms. The van der Waals surface area contributed by atoms with Crippen molar-refractivity contribution in [3.63, 3.8) is 0 Å². The van der Waals surface area contributed by atoms with Crippen molar-refractivity contribution in [3.8, 4) is 5.75 Å².